The molecule has 0 saturated heterocycles. The highest BCUT2D eigenvalue weighted by molar-refractivity contribution is 6.32. The Morgan fingerprint density at radius 3 is 2.53 bits per heavy atom. The zero-order valence-electron chi connectivity index (χ0n) is 12.1. The molecule has 0 unspecified atom stereocenters. The van der Waals surface area contributed by atoms with Crippen LogP contribution < -0.4 is 5.32 Å². The van der Waals surface area contributed by atoms with E-state index < -0.39 is 0 Å². The summed E-state index contributed by atoms with van der Waals surface area (Å²) in [5.74, 6) is 1.04. The summed E-state index contributed by atoms with van der Waals surface area (Å²) >= 11 is 5.94. The number of aryl methyl sites for hydroxylation is 1. The standard InChI is InChI=1S/C13H21ClN4O/c1-9-16-11(14)10(6-19)12(17-9)15-7-13(2,3)8-18(4)5/h6H,7-8H2,1-5H3,(H,15,16,17). The van der Waals surface area contributed by atoms with Crippen molar-refractivity contribution in [3.8, 4) is 0 Å². The van der Waals surface area contributed by atoms with E-state index >= 15 is 0 Å². The van der Waals surface area contributed by atoms with Gasteiger partial charge in [-0.3, -0.25) is 4.79 Å². The van der Waals surface area contributed by atoms with Crippen molar-refractivity contribution in [3.63, 3.8) is 0 Å². The number of hydrogen-bond donors (Lipinski definition) is 1. The molecular formula is C13H21ClN4O. The summed E-state index contributed by atoms with van der Waals surface area (Å²) < 4.78 is 0. The highest BCUT2D eigenvalue weighted by Crippen LogP contribution is 2.22. The van der Waals surface area contributed by atoms with Gasteiger partial charge in [-0.25, -0.2) is 9.97 Å². The van der Waals surface area contributed by atoms with E-state index in [9.17, 15) is 4.79 Å². The zero-order valence-corrected chi connectivity index (χ0v) is 12.9. The number of halogens is 1. The van der Waals surface area contributed by atoms with E-state index in [4.69, 9.17) is 11.6 Å². The lowest BCUT2D eigenvalue weighted by molar-refractivity contribution is 0.112. The molecule has 106 valence electrons. The summed E-state index contributed by atoms with van der Waals surface area (Å²) in [4.78, 5) is 21.4. The average Bonchev–Trinajstić information content (AvgIpc) is 2.24. The number of nitrogens with zero attached hydrogens (tertiary/aromatic N) is 3. The molecule has 1 N–H and O–H groups in total. The summed E-state index contributed by atoms with van der Waals surface area (Å²) in [6, 6.07) is 0. The number of nitrogens with one attached hydrogen (secondary N) is 1. The van der Waals surface area contributed by atoms with E-state index in [1.165, 1.54) is 0 Å². The first-order chi connectivity index (χ1) is 8.75. The number of carbonyl (C=O) groups excluding carboxylic acids is 1. The Bertz CT molecular complexity index is 460. The molecule has 0 radical (unpaired) electrons. The van der Waals surface area contributed by atoms with Crippen LogP contribution in [0.3, 0.4) is 0 Å². The van der Waals surface area contributed by atoms with Crippen molar-refractivity contribution in [2.75, 3.05) is 32.5 Å². The Hall–Kier alpha value is -1.20. The molecule has 0 spiro atoms. The van der Waals surface area contributed by atoms with Crippen molar-refractivity contribution >= 4 is 23.7 Å². The van der Waals surface area contributed by atoms with Crippen LogP contribution in [0.25, 0.3) is 0 Å². The molecule has 19 heavy (non-hydrogen) atoms. The fourth-order valence-electron chi connectivity index (χ4n) is 2.02. The number of aldehydes is 1. The van der Waals surface area contributed by atoms with Gasteiger partial charge in [0, 0.05) is 13.1 Å². The lowest BCUT2D eigenvalue weighted by Crippen LogP contribution is -2.34. The van der Waals surface area contributed by atoms with Gasteiger partial charge in [0.05, 0.1) is 5.56 Å². The molecule has 0 bridgehead atoms. The van der Waals surface area contributed by atoms with Gasteiger partial charge >= 0.3 is 0 Å². The van der Waals surface area contributed by atoms with Crippen molar-refractivity contribution in [1.29, 1.82) is 0 Å². The third-order valence-corrected chi connectivity index (χ3v) is 2.90. The lowest BCUT2D eigenvalue weighted by atomic mass is 9.93. The molecule has 0 aliphatic rings. The highest BCUT2D eigenvalue weighted by Gasteiger charge is 2.20. The second kappa shape index (κ2) is 6.30. The van der Waals surface area contributed by atoms with Gasteiger partial charge in [0.2, 0.25) is 0 Å². The van der Waals surface area contributed by atoms with E-state index in [2.05, 4.69) is 34.0 Å². The SMILES string of the molecule is Cc1nc(Cl)c(C=O)c(NCC(C)(C)CN(C)C)n1. The molecule has 0 saturated carbocycles. The van der Waals surface area contributed by atoms with E-state index in [0.717, 1.165) is 6.54 Å². The molecule has 0 amide bonds. The number of rotatable bonds is 6. The Morgan fingerprint density at radius 2 is 2.00 bits per heavy atom. The average molecular weight is 285 g/mol. The van der Waals surface area contributed by atoms with Gasteiger partial charge in [-0.1, -0.05) is 25.4 Å². The lowest BCUT2D eigenvalue weighted by Gasteiger charge is -2.28. The van der Waals surface area contributed by atoms with Crippen molar-refractivity contribution in [2.24, 2.45) is 5.41 Å². The predicted octanol–water partition coefficient (Wildman–Crippen LogP) is 2.25. The number of carbonyl (C=O) groups is 1. The molecule has 0 atom stereocenters. The molecule has 1 rings (SSSR count). The second-order valence-electron chi connectivity index (χ2n) is 5.70. The Labute approximate surface area is 119 Å². The van der Waals surface area contributed by atoms with Crippen LogP contribution in [0.5, 0.6) is 0 Å². The molecule has 6 heteroatoms. The maximum atomic E-state index is 11.0. The van der Waals surface area contributed by atoms with E-state index in [1.807, 2.05) is 14.1 Å². The normalized spacial score (nSPS) is 11.7. The van der Waals surface area contributed by atoms with Gasteiger partial charge in [0.15, 0.2) is 6.29 Å². The van der Waals surface area contributed by atoms with Gasteiger partial charge in [-0.2, -0.15) is 0 Å². The van der Waals surface area contributed by atoms with Crippen molar-refractivity contribution in [2.45, 2.75) is 20.8 Å². The molecular weight excluding hydrogens is 264 g/mol. The van der Waals surface area contributed by atoms with Crippen LogP contribution in [0.2, 0.25) is 5.15 Å². The van der Waals surface area contributed by atoms with Gasteiger partial charge < -0.3 is 10.2 Å². The second-order valence-corrected chi connectivity index (χ2v) is 6.06. The Balaban J connectivity index is 2.85. The number of aromatic nitrogens is 2. The maximum absolute atomic E-state index is 11.0. The molecule has 0 aliphatic carbocycles. The highest BCUT2D eigenvalue weighted by atomic mass is 35.5. The van der Waals surface area contributed by atoms with E-state index in [0.29, 0.717) is 30.0 Å². The topological polar surface area (TPSA) is 58.1 Å². The van der Waals surface area contributed by atoms with Gasteiger partial charge in [-0.05, 0) is 26.4 Å². The minimum Gasteiger partial charge on any atom is -0.369 e. The summed E-state index contributed by atoms with van der Waals surface area (Å²) in [5.41, 5.74) is 0.363. The summed E-state index contributed by atoms with van der Waals surface area (Å²) in [6.45, 7) is 7.66. The number of anilines is 1. The molecule has 0 fully saturated rings. The first-order valence-electron chi connectivity index (χ1n) is 6.13. The molecule has 1 aromatic rings. The van der Waals surface area contributed by atoms with Crippen LogP contribution in [0.4, 0.5) is 5.82 Å². The maximum Gasteiger partial charge on any atom is 0.156 e. The summed E-state index contributed by atoms with van der Waals surface area (Å²) in [6.07, 6.45) is 0.684. The molecule has 1 aromatic heterocycles. The van der Waals surface area contributed by atoms with Crippen LogP contribution in [-0.4, -0.2) is 48.3 Å². The smallest absolute Gasteiger partial charge is 0.156 e. The van der Waals surface area contributed by atoms with Crippen LogP contribution in [0, 0.1) is 12.3 Å². The number of hydrogen-bond acceptors (Lipinski definition) is 5. The van der Waals surface area contributed by atoms with Crippen LogP contribution in [0.1, 0.15) is 30.0 Å². The van der Waals surface area contributed by atoms with Crippen molar-refractivity contribution in [3.05, 3.63) is 16.5 Å². The zero-order chi connectivity index (χ0) is 14.6. The molecule has 5 nitrogen and oxygen atoms in total. The Kier molecular flexibility index (Phi) is 5.26. The third kappa shape index (κ3) is 4.76. The van der Waals surface area contributed by atoms with Crippen LogP contribution in [0.15, 0.2) is 0 Å². The van der Waals surface area contributed by atoms with Crippen molar-refractivity contribution < 1.29 is 4.79 Å². The summed E-state index contributed by atoms with van der Waals surface area (Å²) in [7, 11) is 4.06. The first kappa shape index (κ1) is 15.9. The molecule has 1 heterocycles. The van der Waals surface area contributed by atoms with Crippen LogP contribution >= 0.6 is 11.6 Å². The van der Waals surface area contributed by atoms with Gasteiger partial charge in [0.1, 0.15) is 16.8 Å². The predicted molar refractivity (Wildman–Crippen MR) is 78.0 cm³/mol. The fraction of sp³-hybridized carbons (Fsp3) is 0.615. The largest absolute Gasteiger partial charge is 0.369 e. The minimum atomic E-state index is 0.0506. The Morgan fingerprint density at radius 1 is 1.37 bits per heavy atom. The summed E-state index contributed by atoms with van der Waals surface area (Å²) in [5, 5.41) is 3.39. The van der Waals surface area contributed by atoms with Crippen molar-refractivity contribution in [1.82, 2.24) is 14.9 Å². The van der Waals surface area contributed by atoms with Crippen LogP contribution in [-0.2, 0) is 0 Å². The molecule has 0 aromatic carbocycles. The quantitative estimate of drug-likeness (QED) is 0.641. The van der Waals surface area contributed by atoms with Gasteiger partial charge in [-0.15, -0.1) is 0 Å². The van der Waals surface area contributed by atoms with E-state index in [1.54, 1.807) is 6.92 Å². The monoisotopic (exact) mass is 284 g/mol. The fourth-order valence-corrected chi connectivity index (χ4v) is 2.28. The van der Waals surface area contributed by atoms with E-state index in [-0.39, 0.29) is 10.6 Å². The first-order valence-corrected chi connectivity index (χ1v) is 6.51. The van der Waals surface area contributed by atoms with Gasteiger partial charge in [0.25, 0.3) is 0 Å². The minimum absolute atomic E-state index is 0.0506. The molecule has 0 aliphatic heterocycles. The third-order valence-electron chi connectivity index (χ3n) is 2.61.